The predicted molar refractivity (Wildman–Crippen MR) is 36.8 cm³/mol. The monoisotopic (exact) mass is 224 g/mol. The van der Waals surface area contributed by atoms with Crippen molar-refractivity contribution in [2.24, 2.45) is 5.92 Å². The van der Waals surface area contributed by atoms with Gasteiger partial charge >= 0.3 is 6.18 Å². The van der Waals surface area contributed by atoms with E-state index in [1.54, 1.807) is 0 Å². The minimum absolute atomic E-state index is 0.431. The summed E-state index contributed by atoms with van der Waals surface area (Å²) < 4.78 is 72.7. The van der Waals surface area contributed by atoms with Crippen molar-refractivity contribution in [3.63, 3.8) is 0 Å². The lowest BCUT2D eigenvalue weighted by molar-refractivity contribution is -0.261. The van der Waals surface area contributed by atoms with E-state index in [1.165, 1.54) is 0 Å². The first-order valence-corrected chi connectivity index (χ1v) is 3.87. The van der Waals surface area contributed by atoms with Crippen LogP contribution in [0.15, 0.2) is 0 Å². The highest BCUT2D eigenvalue weighted by atomic mass is 19.4. The number of alkyl halides is 6. The molecule has 2 unspecified atom stereocenters. The van der Waals surface area contributed by atoms with Crippen molar-refractivity contribution in [3.05, 3.63) is 0 Å². The largest absolute Gasteiger partial charge is 0.425 e. The van der Waals surface area contributed by atoms with Gasteiger partial charge in [-0.1, -0.05) is 6.92 Å². The van der Waals surface area contributed by atoms with Crippen LogP contribution in [0.2, 0.25) is 0 Å². The molecule has 7 heteroatoms. The molecule has 0 aliphatic rings. The highest BCUT2D eigenvalue weighted by Crippen LogP contribution is 2.40. The lowest BCUT2D eigenvalue weighted by Crippen LogP contribution is -2.47. The summed E-state index contributed by atoms with van der Waals surface area (Å²) in [5.41, 5.74) is 0. The second-order valence-corrected chi connectivity index (χ2v) is 2.87. The van der Waals surface area contributed by atoms with Crippen molar-refractivity contribution in [3.8, 4) is 0 Å². The zero-order valence-electron chi connectivity index (χ0n) is 7.28. The first kappa shape index (κ1) is 13.5. The van der Waals surface area contributed by atoms with Crippen molar-refractivity contribution in [1.29, 1.82) is 0 Å². The molecule has 0 aromatic carbocycles. The topological polar surface area (TPSA) is 20.2 Å². The summed E-state index contributed by atoms with van der Waals surface area (Å²) >= 11 is 0. The molecule has 0 rings (SSSR count). The highest BCUT2D eigenvalue weighted by molar-refractivity contribution is 4.88. The summed E-state index contributed by atoms with van der Waals surface area (Å²) in [6.45, 7) is -0.0299. The molecule has 0 bridgehead atoms. The number of aliphatic hydroxyl groups is 1. The molecule has 0 saturated carbocycles. The standard InChI is InChI=1S/C7H10F6O/c1-2-4(3-14)6(9,10)5(8)7(11,12)13/h4-5,14H,2-3H2,1H3. The van der Waals surface area contributed by atoms with Crippen LogP contribution in [0.5, 0.6) is 0 Å². The molecule has 0 aromatic heterocycles. The van der Waals surface area contributed by atoms with Gasteiger partial charge < -0.3 is 5.11 Å². The molecule has 0 saturated heterocycles. The average Bonchev–Trinajstić information content (AvgIpc) is 2.03. The van der Waals surface area contributed by atoms with Crippen LogP contribution < -0.4 is 0 Å². The Bertz CT molecular complexity index is 174. The molecular weight excluding hydrogens is 214 g/mol. The smallest absolute Gasteiger partial charge is 0.396 e. The van der Waals surface area contributed by atoms with Crippen molar-refractivity contribution in [2.45, 2.75) is 31.6 Å². The van der Waals surface area contributed by atoms with E-state index in [2.05, 4.69) is 0 Å². The Hall–Kier alpha value is -0.460. The normalized spacial score (nSPS) is 18.0. The van der Waals surface area contributed by atoms with E-state index in [0.717, 1.165) is 6.92 Å². The van der Waals surface area contributed by atoms with E-state index in [0.29, 0.717) is 0 Å². The Labute approximate surface area is 76.7 Å². The van der Waals surface area contributed by atoms with Crippen LogP contribution in [0.3, 0.4) is 0 Å². The van der Waals surface area contributed by atoms with Crippen molar-refractivity contribution >= 4 is 0 Å². The van der Waals surface area contributed by atoms with Crippen molar-refractivity contribution in [2.75, 3.05) is 6.61 Å². The van der Waals surface area contributed by atoms with Crippen LogP contribution in [0, 0.1) is 5.92 Å². The molecule has 0 aromatic rings. The maximum Gasteiger partial charge on any atom is 0.425 e. The molecule has 0 spiro atoms. The zero-order chi connectivity index (χ0) is 11.6. The summed E-state index contributed by atoms with van der Waals surface area (Å²) in [7, 11) is 0. The van der Waals surface area contributed by atoms with Gasteiger partial charge in [-0.2, -0.15) is 13.2 Å². The molecule has 0 fully saturated rings. The number of halogens is 6. The Morgan fingerprint density at radius 3 is 1.79 bits per heavy atom. The average molecular weight is 224 g/mol. The van der Waals surface area contributed by atoms with E-state index in [9.17, 15) is 26.3 Å². The molecule has 0 aliphatic carbocycles. The van der Waals surface area contributed by atoms with Crippen LogP contribution in [0.4, 0.5) is 26.3 Å². The van der Waals surface area contributed by atoms with Crippen molar-refractivity contribution in [1.82, 2.24) is 0 Å². The second kappa shape index (κ2) is 4.37. The Morgan fingerprint density at radius 1 is 1.14 bits per heavy atom. The van der Waals surface area contributed by atoms with Crippen LogP contribution >= 0.6 is 0 Å². The number of rotatable bonds is 4. The molecule has 86 valence electrons. The first-order valence-electron chi connectivity index (χ1n) is 3.87. The molecular formula is C7H10F6O. The van der Waals surface area contributed by atoms with Gasteiger partial charge in [0.25, 0.3) is 12.1 Å². The molecule has 0 radical (unpaired) electrons. The minimum atomic E-state index is -5.61. The van der Waals surface area contributed by atoms with Gasteiger partial charge in [-0.05, 0) is 6.42 Å². The lowest BCUT2D eigenvalue weighted by Gasteiger charge is -2.28. The van der Waals surface area contributed by atoms with Crippen LogP contribution in [0.1, 0.15) is 13.3 Å². The Morgan fingerprint density at radius 2 is 1.57 bits per heavy atom. The Kier molecular flexibility index (Phi) is 4.23. The molecule has 0 heterocycles. The SMILES string of the molecule is CCC(CO)C(F)(F)C(F)C(F)(F)F. The van der Waals surface area contributed by atoms with Crippen molar-refractivity contribution < 1.29 is 31.4 Å². The summed E-state index contributed by atoms with van der Waals surface area (Å²) in [6, 6.07) is 0. The van der Waals surface area contributed by atoms with E-state index in [4.69, 9.17) is 5.11 Å². The second-order valence-electron chi connectivity index (χ2n) is 2.87. The molecule has 1 N–H and O–H groups in total. The molecule has 14 heavy (non-hydrogen) atoms. The molecule has 1 nitrogen and oxygen atoms in total. The fraction of sp³-hybridized carbons (Fsp3) is 1.00. The summed E-state index contributed by atoms with van der Waals surface area (Å²) in [6.07, 6.45) is -10.3. The van der Waals surface area contributed by atoms with Gasteiger partial charge in [-0.3, -0.25) is 0 Å². The summed E-state index contributed by atoms with van der Waals surface area (Å²) in [5.74, 6) is -6.60. The van der Waals surface area contributed by atoms with Gasteiger partial charge in [0.1, 0.15) is 0 Å². The van der Waals surface area contributed by atoms with Crippen LogP contribution in [0.25, 0.3) is 0 Å². The van der Waals surface area contributed by atoms with E-state index in [1.807, 2.05) is 0 Å². The Balaban J connectivity index is 4.75. The third-order valence-corrected chi connectivity index (χ3v) is 1.88. The molecule has 0 aliphatic heterocycles. The third-order valence-electron chi connectivity index (χ3n) is 1.88. The van der Waals surface area contributed by atoms with Crippen LogP contribution in [-0.2, 0) is 0 Å². The third kappa shape index (κ3) is 2.76. The molecule has 0 amide bonds. The lowest BCUT2D eigenvalue weighted by atomic mass is 9.95. The van der Waals surface area contributed by atoms with Gasteiger partial charge in [-0.25, -0.2) is 13.2 Å². The van der Waals surface area contributed by atoms with Gasteiger partial charge in [0.05, 0.1) is 6.61 Å². The molecule has 2 atom stereocenters. The first-order chi connectivity index (χ1) is 6.17. The van der Waals surface area contributed by atoms with E-state index >= 15 is 0 Å². The quantitative estimate of drug-likeness (QED) is 0.727. The fourth-order valence-corrected chi connectivity index (χ4v) is 0.948. The predicted octanol–water partition coefficient (Wildman–Crippen LogP) is 2.54. The highest BCUT2D eigenvalue weighted by Gasteiger charge is 2.59. The van der Waals surface area contributed by atoms with Gasteiger partial charge in [0, 0.05) is 5.92 Å². The van der Waals surface area contributed by atoms with Gasteiger partial charge in [-0.15, -0.1) is 0 Å². The fourth-order valence-electron chi connectivity index (χ4n) is 0.948. The minimum Gasteiger partial charge on any atom is -0.396 e. The van der Waals surface area contributed by atoms with Crippen LogP contribution in [-0.4, -0.2) is 30.0 Å². The number of hydrogen-bond acceptors (Lipinski definition) is 1. The zero-order valence-corrected chi connectivity index (χ0v) is 7.28. The summed E-state index contributed by atoms with van der Waals surface area (Å²) in [5, 5.41) is 8.36. The van der Waals surface area contributed by atoms with E-state index in [-0.39, 0.29) is 0 Å². The summed E-state index contributed by atoms with van der Waals surface area (Å²) in [4.78, 5) is 0. The number of hydrogen-bond donors (Lipinski definition) is 1. The van der Waals surface area contributed by atoms with Gasteiger partial charge in [0.2, 0.25) is 0 Å². The maximum absolute atomic E-state index is 12.7. The maximum atomic E-state index is 12.7. The van der Waals surface area contributed by atoms with E-state index < -0.39 is 37.2 Å². The number of aliphatic hydroxyl groups excluding tert-OH is 1. The van der Waals surface area contributed by atoms with Gasteiger partial charge in [0.15, 0.2) is 0 Å².